The maximum Gasteiger partial charge on any atom is 0.289 e. The van der Waals surface area contributed by atoms with Gasteiger partial charge in [-0.3, -0.25) is 19.3 Å². The summed E-state index contributed by atoms with van der Waals surface area (Å²) in [7, 11) is 0. The molecule has 0 aliphatic carbocycles. The van der Waals surface area contributed by atoms with Crippen molar-refractivity contribution in [3.05, 3.63) is 28.2 Å². The van der Waals surface area contributed by atoms with Crippen LogP contribution in [0.3, 0.4) is 0 Å². The van der Waals surface area contributed by atoms with E-state index < -0.39 is 0 Å². The van der Waals surface area contributed by atoms with Gasteiger partial charge in [-0.2, -0.15) is 0 Å². The summed E-state index contributed by atoms with van der Waals surface area (Å²) in [6.07, 6.45) is 0. The van der Waals surface area contributed by atoms with Gasteiger partial charge in [-0.05, 0) is 18.2 Å². The maximum atomic E-state index is 12.0. The Hall–Kier alpha value is -1.44. The fourth-order valence-corrected chi connectivity index (χ4v) is 3.60. The zero-order chi connectivity index (χ0) is 16.6. The van der Waals surface area contributed by atoms with Crippen molar-refractivity contribution in [3.63, 3.8) is 0 Å². The number of carbonyl (C=O) groups is 3. The first-order chi connectivity index (χ1) is 11.0. The van der Waals surface area contributed by atoms with Crippen LogP contribution in [-0.2, 0) is 9.59 Å². The smallest absolute Gasteiger partial charge is 0.289 e. The van der Waals surface area contributed by atoms with Crippen LogP contribution in [-0.4, -0.2) is 58.3 Å². The van der Waals surface area contributed by atoms with Gasteiger partial charge in [0.25, 0.3) is 11.1 Å². The summed E-state index contributed by atoms with van der Waals surface area (Å²) >= 11 is 12.7. The number of benzene rings is 1. The number of ether oxygens (including phenoxy) is 1. The zero-order valence-corrected chi connectivity index (χ0v) is 14.2. The molecule has 2 saturated heterocycles. The largest absolute Gasteiger partial charge is 0.482 e. The molecule has 0 N–H and O–H groups in total. The molecule has 0 unspecified atom stereocenters. The minimum absolute atomic E-state index is 0.162. The highest BCUT2D eigenvalue weighted by Crippen LogP contribution is 2.28. The quantitative estimate of drug-likeness (QED) is 0.808. The van der Waals surface area contributed by atoms with Crippen LogP contribution in [0.5, 0.6) is 5.75 Å². The summed E-state index contributed by atoms with van der Waals surface area (Å²) in [4.78, 5) is 38.0. The van der Waals surface area contributed by atoms with E-state index in [0.29, 0.717) is 28.9 Å². The average molecular weight is 375 g/mol. The first-order valence-corrected chi connectivity index (χ1v) is 8.54. The molecule has 0 bridgehead atoms. The van der Waals surface area contributed by atoms with Crippen LogP contribution in [0.25, 0.3) is 0 Å². The van der Waals surface area contributed by atoms with Crippen molar-refractivity contribution in [1.82, 2.24) is 9.80 Å². The van der Waals surface area contributed by atoms with Gasteiger partial charge in [0.1, 0.15) is 5.75 Å². The van der Waals surface area contributed by atoms with Gasteiger partial charge in [0, 0.05) is 18.1 Å². The average Bonchev–Trinajstić information content (AvgIpc) is 2.77. The Morgan fingerprint density at radius 3 is 2.65 bits per heavy atom. The van der Waals surface area contributed by atoms with E-state index in [9.17, 15) is 14.4 Å². The molecule has 1 aromatic carbocycles. The van der Waals surface area contributed by atoms with E-state index in [4.69, 9.17) is 27.9 Å². The third-order valence-electron chi connectivity index (χ3n) is 3.61. The molecule has 2 heterocycles. The topological polar surface area (TPSA) is 66.9 Å². The van der Waals surface area contributed by atoms with Gasteiger partial charge in [-0.15, -0.1) is 0 Å². The first kappa shape index (κ1) is 16.4. The molecule has 9 heteroatoms. The second-order valence-electron chi connectivity index (χ2n) is 5.13. The van der Waals surface area contributed by atoms with Crippen molar-refractivity contribution >= 4 is 52.0 Å². The Morgan fingerprint density at radius 2 is 2.04 bits per heavy atom. The third-order valence-corrected chi connectivity index (χ3v) is 4.98. The minimum atomic E-state index is -0.240. The van der Waals surface area contributed by atoms with Gasteiger partial charge >= 0.3 is 0 Å². The van der Waals surface area contributed by atoms with Gasteiger partial charge in [0.15, 0.2) is 6.61 Å². The van der Waals surface area contributed by atoms with Crippen molar-refractivity contribution in [2.24, 2.45) is 0 Å². The van der Waals surface area contributed by atoms with Crippen molar-refractivity contribution in [2.75, 3.05) is 25.4 Å². The zero-order valence-electron chi connectivity index (χ0n) is 11.8. The molecular formula is C14H12Cl2N2O4S. The lowest BCUT2D eigenvalue weighted by Gasteiger charge is -2.42. The Morgan fingerprint density at radius 1 is 1.30 bits per heavy atom. The van der Waals surface area contributed by atoms with E-state index in [1.54, 1.807) is 12.1 Å². The number of imide groups is 1. The van der Waals surface area contributed by atoms with E-state index >= 15 is 0 Å². The van der Waals surface area contributed by atoms with E-state index in [0.717, 1.165) is 11.8 Å². The fourth-order valence-electron chi connectivity index (χ4n) is 2.36. The Labute approximate surface area is 146 Å². The second-order valence-corrected chi connectivity index (χ2v) is 6.90. The number of likely N-dealkylation sites (tertiary alicyclic amines) is 1. The predicted molar refractivity (Wildman–Crippen MR) is 87.0 cm³/mol. The molecule has 3 amide bonds. The maximum absolute atomic E-state index is 12.0. The van der Waals surface area contributed by atoms with E-state index in [2.05, 4.69) is 0 Å². The minimum Gasteiger partial charge on any atom is -0.482 e. The molecule has 2 aliphatic heterocycles. The lowest BCUT2D eigenvalue weighted by atomic mass is 10.1. The Balaban J connectivity index is 1.49. The lowest BCUT2D eigenvalue weighted by molar-refractivity contribution is -0.143. The number of thioether (sulfide) groups is 1. The number of amides is 3. The van der Waals surface area contributed by atoms with Crippen LogP contribution in [0.4, 0.5) is 4.79 Å². The molecule has 0 spiro atoms. The van der Waals surface area contributed by atoms with E-state index in [1.165, 1.54) is 15.9 Å². The molecule has 6 nitrogen and oxygen atoms in total. The van der Waals surface area contributed by atoms with Crippen LogP contribution in [0.2, 0.25) is 10.0 Å². The number of nitrogens with zero attached hydrogens (tertiary/aromatic N) is 2. The number of hydrogen-bond acceptors (Lipinski definition) is 5. The van der Waals surface area contributed by atoms with Crippen molar-refractivity contribution in [1.29, 1.82) is 0 Å². The van der Waals surface area contributed by atoms with Crippen molar-refractivity contribution in [3.8, 4) is 5.75 Å². The highest BCUT2D eigenvalue weighted by molar-refractivity contribution is 8.14. The van der Waals surface area contributed by atoms with Crippen LogP contribution < -0.4 is 4.74 Å². The molecule has 0 saturated carbocycles. The van der Waals surface area contributed by atoms with Crippen LogP contribution in [0.15, 0.2) is 18.2 Å². The highest BCUT2D eigenvalue weighted by atomic mass is 35.5. The normalized spacial score (nSPS) is 18.3. The number of hydrogen-bond donors (Lipinski definition) is 0. The summed E-state index contributed by atoms with van der Waals surface area (Å²) < 4.78 is 5.38. The SMILES string of the molecule is O=C(COc1ccc(Cl)cc1Cl)N1CC(N2C(=O)CSC2=O)C1. The molecule has 0 atom stereocenters. The third kappa shape index (κ3) is 3.41. The van der Waals surface area contributed by atoms with Crippen LogP contribution in [0.1, 0.15) is 0 Å². The van der Waals surface area contributed by atoms with Gasteiger partial charge in [0.2, 0.25) is 5.91 Å². The number of rotatable bonds is 4. The molecule has 0 aromatic heterocycles. The van der Waals surface area contributed by atoms with Crippen molar-refractivity contribution in [2.45, 2.75) is 6.04 Å². The summed E-state index contributed by atoms with van der Waals surface area (Å²) in [5, 5.41) is 0.574. The summed E-state index contributed by atoms with van der Waals surface area (Å²) in [6.45, 7) is 0.522. The molecule has 0 radical (unpaired) electrons. The molecule has 3 rings (SSSR count). The standard InChI is InChI=1S/C14H12Cl2N2O4S/c15-8-1-2-11(10(16)3-8)22-6-12(19)17-4-9(5-17)18-13(20)7-23-14(18)21/h1-3,9H,4-7H2. The Bertz CT molecular complexity index is 663. The summed E-state index contributed by atoms with van der Waals surface area (Å²) in [6, 6.07) is 4.52. The monoisotopic (exact) mass is 374 g/mol. The highest BCUT2D eigenvalue weighted by Gasteiger charge is 2.43. The van der Waals surface area contributed by atoms with E-state index in [-0.39, 0.29) is 35.5 Å². The van der Waals surface area contributed by atoms with Gasteiger partial charge in [-0.25, -0.2) is 0 Å². The molecule has 23 heavy (non-hydrogen) atoms. The lowest BCUT2D eigenvalue weighted by Crippen LogP contribution is -2.62. The van der Waals surface area contributed by atoms with Crippen molar-refractivity contribution < 1.29 is 19.1 Å². The molecule has 2 aliphatic rings. The second kappa shape index (κ2) is 6.59. The van der Waals surface area contributed by atoms with Gasteiger partial charge in [0.05, 0.1) is 16.8 Å². The van der Waals surface area contributed by atoms with Crippen LogP contribution in [0, 0.1) is 0 Å². The molecular weight excluding hydrogens is 363 g/mol. The summed E-state index contributed by atoms with van der Waals surface area (Å²) in [5.74, 6) is 0.143. The fraction of sp³-hybridized carbons (Fsp3) is 0.357. The van der Waals surface area contributed by atoms with Crippen LogP contribution >= 0.6 is 35.0 Å². The van der Waals surface area contributed by atoms with Gasteiger partial charge in [-0.1, -0.05) is 35.0 Å². The summed E-state index contributed by atoms with van der Waals surface area (Å²) in [5.41, 5.74) is 0. The van der Waals surface area contributed by atoms with Gasteiger partial charge < -0.3 is 9.64 Å². The molecule has 122 valence electrons. The first-order valence-electron chi connectivity index (χ1n) is 6.80. The number of carbonyl (C=O) groups excluding carboxylic acids is 3. The molecule has 1 aromatic rings. The predicted octanol–water partition coefficient (Wildman–Crippen LogP) is 2.28. The number of halogens is 2. The Kier molecular flexibility index (Phi) is 4.70. The van der Waals surface area contributed by atoms with E-state index in [1.807, 2.05) is 0 Å². The molecule has 2 fully saturated rings.